The summed E-state index contributed by atoms with van der Waals surface area (Å²) < 4.78 is 18.0. The molecular formula is C20H19NO5. The molecule has 6 heteroatoms. The van der Waals surface area contributed by atoms with Gasteiger partial charge < -0.3 is 23.9 Å². The molecule has 26 heavy (non-hydrogen) atoms. The molecule has 4 rings (SSSR count). The normalized spacial score (nSPS) is 12.5. The van der Waals surface area contributed by atoms with Crippen LogP contribution < -0.4 is 14.2 Å². The number of hydrogen-bond acceptors (Lipinski definition) is 5. The average molecular weight is 353 g/mol. The van der Waals surface area contributed by atoms with Crippen molar-refractivity contribution in [3.05, 3.63) is 47.7 Å². The second-order valence-electron chi connectivity index (χ2n) is 5.95. The van der Waals surface area contributed by atoms with Crippen molar-refractivity contribution in [1.29, 1.82) is 0 Å². The van der Waals surface area contributed by atoms with Crippen LogP contribution in [0.15, 0.2) is 36.4 Å². The molecule has 0 bridgehead atoms. The highest BCUT2D eigenvalue weighted by Gasteiger charge is 2.26. The monoisotopic (exact) mass is 353 g/mol. The Labute approximate surface area is 150 Å². The quantitative estimate of drug-likeness (QED) is 0.708. The summed E-state index contributed by atoms with van der Waals surface area (Å²) >= 11 is 0. The molecule has 134 valence electrons. The molecule has 0 saturated carbocycles. The number of aromatic nitrogens is 1. The summed E-state index contributed by atoms with van der Waals surface area (Å²) in [4.78, 5) is 13.1. The lowest BCUT2D eigenvalue weighted by atomic mass is 10.1. The van der Waals surface area contributed by atoms with Crippen LogP contribution in [0.2, 0.25) is 0 Å². The number of ketones is 1. The third-order valence-corrected chi connectivity index (χ3v) is 4.49. The average Bonchev–Trinajstić information content (AvgIpc) is 3.22. The molecule has 0 amide bonds. The first kappa shape index (κ1) is 16.3. The van der Waals surface area contributed by atoms with E-state index in [-0.39, 0.29) is 24.0 Å². The Morgan fingerprint density at radius 2 is 1.85 bits per heavy atom. The zero-order chi connectivity index (χ0) is 18.3. The van der Waals surface area contributed by atoms with Gasteiger partial charge in [0.15, 0.2) is 17.2 Å². The number of ether oxygens (including phenoxy) is 3. The van der Waals surface area contributed by atoms with Gasteiger partial charge in [-0.05, 0) is 44.2 Å². The van der Waals surface area contributed by atoms with Gasteiger partial charge in [-0.15, -0.1) is 0 Å². The summed E-state index contributed by atoms with van der Waals surface area (Å²) in [5.41, 5.74) is 1.49. The van der Waals surface area contributed by atoms with Gasteiger partial charge in [0.25, 0.3) is 0 Å². The maximum absolute atomic E-state index is 13.1. The van der Waals surface area contributed by atoms with Crippen molar-refractivity contribution in [1.82, 2.24) is 4.57 Å². The van der Waals surface area contributed by atoms with Crippen molar-refractivity contribution >= 4 is 16.7 Å². The predicted octanol–water partition coefficient (Wildman–Crippen LogP) is 3.73. The Hall–Kier alpha value is -3.15. The van der Waals surface area contributed by atoms with Crippen LogP contribution in [0.25, 0.3) is 10.9 Å². The van der Waals surface area contributed by atoms with Crippen LogP contribution >= 0.6 is 0 Å². The van der Waals surface area contributed by atoms with E-state index in [1.165, 1.54) is 0 Å². The summed E-state index contributed by atoms with van der Waals surface area (Å²) in [7, 11) is 0. The maximum atomic E-state index is 13.1. The van der Waals surface area contributed by atoms with E-state index in [2.05, 4.69) is 0 Å². The second-order valence-corrected chi connectivity index (χ2v) is 5.95. The third-order valence-electron chi connectivity index (χ3n) is 4.49. The van der Waals surface area contributed by atoms with Crippen molar-refractivity contribution in [3.8, 4) is 23.0 Å². The third kappa shape index (κ3) is 2.45. The first-order valence-corrected chi connectivity index (χ1v) is 8.56. The van der Waals surface area contributed by atoms with Crippen LogP contribution in [0.5, 0.6) is 23.0 Å². The first-order chi connectivity index (χ1) is 12.6. The molecule has 6 nitrogen and oxygen atoms in total. The minimum absolute atomic E-state index is 0.0426. The number of aryl methyl sites for hydroxylation is 1. The Morgan fingerprint density at radius 3 is 2.50 bits per heavy atom. The van der Waals surface area contributed by atoms with Crippen LogP contribution in [0, 0.1) is 0 Å². The van der Waals surface area contributed by atoms with E-state index in [1.54, 1.807) is 41.0 Å². The Kier molecular flexibility index (Phi) is 3.95. The zero-order valence-corrected chi connectivity index (χ0v) is 14.6. The highest BCUT2D eigenvalue weighted by atomic mass is 16.7. The van der Waals surface area contributed by atoms with Gasteiger partial charge in [-0.1, -0.05) is 0 Å². The molecular weight excluding hydrogens is 334 g/mol. The van der Waals surface area contributed by atoms with E-state index in [1.807, 2.05) is 13.8 Å². The highest BCUT2D eigenvalue weighted by molar-refractivity contribution is 6.14. The van der Waals surface area contributed by atoms with Crippen molar-refractivity contribution in [2.24, 2.45) is 0 Å². The molecule has 1 N–H and O–H groups in total. The van der Waals surface area contributed by atoms with Gasteiger partial charge in [-0.2, -0.15) is 0 Å². The van der Waals surface area contributed by atoms with E-state index >= 15 is 0 Å². The molecule has 2 aromatic carbocycles. The van der Waals surface area contributed by atoms with E-state index < -0.39 is 0 Å². The molecule has 0 aliphatic carbocycles. The van der Waals surface area contributed by atoms with Crippen LogP contribution in [0.3, 0.4) is 0 Å². The second kappa shape index (κ2) is 6.29. The fourth-order valence-electron chi connectivity index (χ4n) is 3.28. The lowest BCUT2D eigenvalue weighted by molar-refractivity contribution is 0.102. The fraction of sp³-hybridized carbons (Fsp3) is 0.250. The van der Waals surface area contributed by atoms with Crippen LogP contribution in [0.4, 0.5) is 0 Å². The van der Waals surface area contributed by atoms with E-state index in [9.17, 15) is 9.90 Å². The number of hydrogen-bond donors (Lipinski definition) is 1. The van der Waals surface area contributed by atoms with Crippen molar-refractivity contribution in [3.63, 3.8) is 0 Å². The number of rotatable bonds is 5. The van der Waals surface area contributed by atoms with Gasteiger partial charge in [0.1, 0.15) is 11.4 Å². The molecule has 0 radical (unpaired) electrons. The Balaban J connectivity index is 1.82. The molecule has 1 aliphatic heterocycles. The minimum Gasteiger partial charge on any atom is -0.505 e. The van der Waals surface area contributed by atoms with E-state index in [0.29, 0.717) is 41.3 Å². The van der Waals surface area contributed by atoms with Crippen LogP contribution in [-0.4, -0.2) is 28.9 Å². The molecule has 0 unspecified atom stereocenters. The maximum Gasteiger partial charge on any atom is 0.231 e. The van der Waals surface area contributed by atoms with Gasteiger partial charge in [-0.3, -0.25) is 4.79 Å². The molecule has 0 fully saturated rings. The number of benzene rings is 2. The Bertz CT molecular complexity index is 988. The first-order valence-electron chi connectivity index (χ1n) is 8.56. The Morgan fingerprint density at radius 1 is 1.15 bits per heavy atom. The topological polar surface area (TPSA) is 69.9 Å². The standard InChI is InChI=1S/C20H19NO5/c1-3-21-15-10-17-16(25-11-26-17)9-14(15)20(23)18(21)19(22)12-5-7-13(8-6-12)24-4-2/h5-10,23H,3-4,11H2,1-2H3. The lowest BCUT2D eigenvalue weighted by Gasteiger charge is -2.08. The van der Waals surface area contributed by atoms with E-state index in [0.717, 1.165) is 5.52 Å². The van der Waals surface area contributed by atoms with Gasteiger partial charge in [0, 0.05) is 23.6 Å². The lowest BCUT2D eigenvalue weighted by Crippen LogP contribution is -2.09. The van der Waals surface area contributed by atoms with Gasteiger partial charge in [-0.25, -0.2) is 0 Å². The van der Waals surface area contributed by atoms with Crippen molar-refractivity contribution in [2.45, 2.75) is 20.4 Å². The molecule has 3 aromatic rings. The summed E-state index contributed by atoms with van der Waals surface area (Å²) in [6.45, 7) is 5.09. The van der Waals surface area contributed by atoms with Gasteiger partial charge >= 0.3 is 0 Å². The summed E-state index contributed by atoms with van der Waals surface area (Å²) in [5.74, 6) is 1.60. The smallest absolute Gasteiger partial charge is 0.231 e. The number of aromatic hydroxyl groups is 1. The van der Waals surface area contributed by atoms with Crippen LogP contribution in [-0.2, 0) is 6.54 Å². The molecule has 0 atom stereocenters. The SMILES string of the molecule is CCOc1ccc(C(=O)c2c(O)c3cc4c(cc3n2CC)OCO4)cc1. The minimum atomic E-state index is -0.245. The highest BCUT2D eigenvalue weighted by Crippen LogP contribution is 2.42. The zero-order valence-electron chi connectivity index (χ0n) is 14.6. The molecule has 1 aliphatic rings. The van der Waals surface area contributed by atoms with Gasteiger partial charge in [0.05, 0.1) is 12.1 Å². The number of fused-ring (bicyclic) bond motifs is 2. The number of carbonyl (C=O) groups is 1. The molecule has 0 spiro atoms. The number of carbonyl (C=O) groups excluding carboxylic acids is 1. The molecule has 1 aromatic heterocycles. The largest absolute Gasteiger partial charge is 0.505 e. The summed E-state index contributed by atoms with van der Waals surface area (Å²) in [6.07, 6.45) is 0. The van der Waals surface area contributed by atoms with Gasteiger partial charge in [0.2, 0.25) is 12.6 Å². The predicted molar refractivity (Wildman–Crippen MR) is 96.4 cm³/mol. The fourth-order valence-corrected chi connectivity index (χ4v) is 3.28. The summed E-state index contributed by atoms with van der Waals surface area (Å²) in [5, 5.41) is 11.3. The van der Waals surface area contributed by atoms with E-state index in [4.69, 9.17) is 14.2 Å². The summed E-state index contributed by atoms with van der Waals surface area (Å²) in [6, 6.07) is 10.4. The number of nitrogens with zero attached hydrogens (tertiary/aromatic N) is 1. The van der Waals surface area contributed by atoms with Crippen molar-refractivity contribution < 1.29 is 24.1 Å². The molecule has 2 heterocycles. The van der Waals surface area contributed by atoms with Crippen LogP contribution in [0.1, 0.15) is 29.9 Å². The van der Waals surface area contributed by atoms with Crippen molar-refractivity contribution in [2.75, 3.05) is 13.4 Å². The molecule has 0 saturated heterocycles.